The van der Waals surface area contributed by atoms with Crippen molar-refractivity contribution in [1.29, 1.82) is 0 Å². The van der Waals surface area contributed by atoms with Gasteiger partial charge >= 0.3 is 0 Å². The van der Waals surface area contributed by atoms with Gasteiger partial charge in [0.1, 0.15) is 0 Å². The highest BCUT2D eigenvalue weighted by molar-refractivity contribution is 7.89. The van der Waals surface area contributed by atoms with Crippen LogP contribution in [0.4, 0.5) is 5.69 Å². The van der Waals surface area contributed by atoms with Gasteiger partial charge in [-0.15, -0.1) is 0 Å². The Bertz CT molecular complexity index is 1180. The number of pyridine rings is 2. The Kier molecular flexibility index (Phi) is 5.39. The van der Waals surface area contributed by atoms with Gasteiger partial charge in [-0.1, -0.05) is 0 Å². The van der Waals surface area contributed by atoms with Crippen molar-refractivity contribution in [3.05, 3.63) is 72.7 Å². The van der Waals surface area contributed by atoms with E-state index in [-0.39, 0.29) is 36.1 Å². The summed E-state index contributed by atoms with van der Waals surface area (Å²) in [4.78, 5) is 33.1. The van der Waals surface area contributed by atoms with Crippen LogP contribution in [0, 0.1) is 0 Å². The molecule has 9 heteroatoms. The third-order valence-electron chi connectivity index (χ3n) is 4.70. The Morgan fingerprint density at radius 1 is 0.967 bits per heavy atom. The maximum absolute atomic E-state index is 12.6. The summed E-state index contributed by atoms with van der Waals surface area (Å²) in [7, 11) is -3.77. The van der Waals surface area contributed by atoms with E-state index in [4.69, 9.17) is 0 Å². The van der Waals surface area contributed by atoms with Crippen molar-refractivity contribution in [3.8, 4) is 11.3 Å². The van der Waals surface area contributed by atoms with Crippen LogP contribution in [-0.4, -0.2) is 30.2 Å². The van der Waals surface area contributed by atoms with Crippen molar-refractivity contribution in [2.45, 2.75) is 24.3 Å². The molecule has 1 aliphatic heterocycles. The molecule has 0 spiro atoms. The average Bonchev–Trinajstić information content (AvgIpc) is 3.11. The Labute approximate surface area is 173 Å². The molecule has 1 aromatic carbocycles. The molecule has 0 radical (unpaired) electrons. The van der Waals surface area contributed by atoms with Crippen LogP contribution in [0.3, 0.4) is 0 Å². The fourth-order valence-corrected chi connectivity index (χ4v) is 4.17. The maximum Gasteiger partial charge on any atom is 0.240 e. The fraction of sp³-hybridized carbons (Fsp3) is 0.143. The third kappa shape index (κ3) is 4.12. The van der Waals surface area contributed by atoms with E-state index in [9.17, 15) is 18.0 Å². The predicted molar refractivity (Wildman–Crippen MR) is 110 cm³/mol. The minimum Gasteiger partial charge on any atom is -0.274 e. The predicted octanol–water partition coefficient (Wildman–Crippen LogP) is 2.28. The quantitative estimate of drug-likeness (QED) is 0.611. The summed E-state index contributed by atoms with van der Waals surface area (Å²) in [6, 6.07) is 12.9. The van der Waals surface area contributed by atoms with Gasteiger partial charge in [-0.25, -0.2) is 13.1 Å². The molecule has 3 heterocycles. The molecule has 152 valence electrons. The first-order chi connectivity index (χ1) is 14.4. The number of amides is 2. The molecular weight excluding hydrogens is 404 g/mol. The number of sulfonamides is 1. The van der Waals surface area contributed by atoms with Crippen molar-refractivity contribution >= 4 is 27.5 Å². The normalized spacial score (nSPS) is 14.3. The summed E-state index contributed by atoms with van der Waals surface area (Å²) in [6.07, 6.45) is 5.32. The first-order valence-corrected chi connectivity index (χ1v) is 10.7. The standard InChI is InChI=1S/C21H18N4O4S/c26-20-7-8-21(27)25(20)17-3-5-18(6-4-17)30(28,29)24-13-15-9-11-23-19(12-15)16-2-1-10-22-14-16/h1-6,9-12,14,24H,7-8,13H2. The molecule has 1 fully saturated rings. The minimum atomic E-state index is -3.77. The van der Waals surface area contributed by atoms with Crippen LogP contribution >= 0.6 is 0 Å². The van der Waals surface area contributed by atoms with Crippen molar-refractivity contribution in [2.75, 3.05) is 4.90 Å². The number of anilines is 1. The highest BCUT2D eigenvalue weighted by Gasteiger charge is 2.30. The van der Waals surface area contributed by atoms with Crippen LogP contribution in [0.2, 0.25) is 0 Å². The van der Waals surface area contributed by atoms with Gasteiger partial charge in [-0.3, -0.25) is 24.5 Å². The van der Waals surface area contributed by atoms with Crippen LogP contribution in [0.25, 0.3) is 11.3 Å². The van der Waals surface area contributed by atoms with E-state index in [2.05, 4.69) is 14.7 Å². The van der Waals surface area contributed by atoms with Gasteiger partial charge in [-0.05, 0) is 54.1 Å². The van der Waals surface area contributed by atoms with Gasteiger partial charge in [0.05, 0.1) is 16.3 Å². The van der Waals surface area contributed by atoms with Gasteiger partial charge in [0.25, 0.3) is 0 Å². The summed E-state index contributed by atoms with van der Waals surface area (Å²) in [5, 5.41) is 0. The van der Waals surface area contributed by atoms with E-state index < -0.39 is 10.0 Å². The highest BCUT2D eigenvalue weighted by Crippen LogP contribution is 2.24. The van der Waals surface area contributed by atoms with E-state index in [1.165, 1.54) is 24.3 Å². The molecular formula is C21H18N4O4S. The van der Waals surface area contributed by atoms with Crippen molar-refractivity contribution in [1.82, 2.24) is 14.7 Å². The Morgan fingerprint density at radius 2 is 1.70 bits per heavy atom. The van der Waals surface area contributed by atoms with Crippen molar-refractivity contribution in [2.24, 2.45) is 0 Å². The molecule has 0 atom stereocenters. The monoisotopic (exact) mass is 422 g/mol. The summed E-state index contributed by atoms with van der Waals surface area (Å²) >= 11 is 0. The lowest BCUT2D eigenvalue weighted by atomic mass is 10.1. The Balaban J connectivity index is 1.47. The summed E-state index contributed by atoms with van der Waals surface area (Å²) < 4.78 is 27.8. The van der Waals surface area contributed by atoms with Crippen LogP contribution in [0.5, 0.6) is 0 Å². The van der Waals surface area contributed by atoms with Gasteiger partial charge in [-0.2, -0.15) is 0 Å². The lowest BCUT2D eigenvalue weighted by Crippen LogP contribution is -2.28. The molecule has 1 N–H and O–H groups in total. The molecule has 0 aliphatic carbocycles. The number of benzene rings is 1. The molecule has 2 amide bonds. The zero-order valence-corrected chi connectivity index (χ0v) is 16.7. The van der Waals surface area contributed by atoms with Gasteiger partial charge in [0.2, 0.25) is 21.8 Å². The second-order valence-electron chi connectivity index (χ2n) is 6.73. The van der Waals surface area contributed by atoms with Gasteiger partial charge in [0.15, 0.2) is 0 Å². The Morgan fingerprint density at radius 3 is 2.37 bits per heavy atom. The van der Waals surface area contributed by atoms with Crippen LogP contribution < -0.4 is 9.62 Å². The SMILES string of the molecule is O=C1CCC(=O)N1c1ccc(S(=O)(=O)NCc2ccnc(-c3cccnc3)c2)cc1. The smallest absolute Gasteiger partial charge is 0.240 e. The number of nitrogens with one attached hydrogen (secondary N) is 1. The van der Waals surface area contributed by atoms with Crippen molar-refractivity contribution < 1.29 is 18.0 Å². The lowest BCUT2D eigenvalue weighted by molar-refractivity contribution is -0.121. The molecule has 0 unspecified atom stereocenters. The van der Waals surface area contributed by atoms with E-state index in [1.54, 1.807) is 36.8 Å². The third-order valence-corrected chi connectivity index (χ3v) is 6.12. The van der Waals surface area contributed by atoms with Gasteiger partial charge in [0, 0.05) is 43.5 Å². The molecule has 3 aromatic rings. The first kappa shape index (κ1) is 19.9. The second kappa shape index (κ2) is 8.13. The average molecular weight is 422 g/mol. The zero-order valence-electron chi connectivity index (χ0n) is 15.9. The number of imide groups is 1. The van der Waals surface area contributed by atoms with Crippen molar-refractivity contribution in [3.63, 3.8) is 0 Å². The van der Waals surface area contributed by atoms with Gasteiger partial charge < -0.3 is 0 Å². The molecule has 0 saturated carbocycles. The molecule has 2 aromatic heterocycles. The molecule has 1 saturated heterocycles. The number of hydrogen-bond acceptors (Lipinski definition) is 6. The molecule has 8 nitrogen and oxygen atoms in total. The maximum atomic E-state index is 12.6. The number of aromatic nitrogens is 2. The number of carbonyl (C=O) groups is 2. The van der Waals surface area contributed by atoms with E-state index in [0.717, 1.165) is 16.0 Å². The fourth-order valence-electron chi connectivity index (χ4n) is 3.16. The van der Waals surface area contributed by atoms with E-state index >= 15 is 0 Å². The highest BCUT2D eigenvalue weighted by atomic mass is 32.2. The van der Waals surface area contributed by atoms with Crippen LogP contribution in [0.15, 0.2) is 72.0 Å². The number of rotatable bonds is 6. The minimum absolute atomic E-state index is 0.0480. The lowest BCUT2D eigenvalue weighted by Gasteiger charge is -2.14. The Hall–Kier alpha value is -3.43. The number of nitrogens with zero attached hydrogens (tertiary/aromatic N) is 3. The zero-order chi connectivity index (χ0) is 21.1. The van der Waals surface area contributed by atoms with E-state index in [1.807, 2.05) is 6.07 Å². The largest absolute Gasteiger partial charge is 0.274 e. The number of carbonyl (C=O) groups excluding carboxylic acids is 2. The summed E-state index contributed by atoms with van der Waals surface area (Å²) in [6.45, 7) is 0.0863. The molecule has 0 bridgehead atoms. The summed E-state index contributed by atoms with van der Waals surface area (Å²) in [5.74, 6) is -0.563. The molecule has 30 heavy (non-hydrogen) atoms. The molecule has 4 rings (SSSR count). The van der Waals surface area contributed by atoms with Crippen LogP contribution in [0.1, 0.15) is 18.4 Å². The first-order valence-electron chi connectivity index (χ1n) is 9.25. The van der Waals surface area contributed by atoms with E-state index in [0.29, 0.717) is 11.4 Å². The number of hydrogen-bond donors (Lipinski definition) is 1. The topological polar surface area (TPSA) is 109 Å². The van der Waals surface area contributed by atoms with Crippen LogP contribution in [-0.2, 0) is 26.2 Å². The second-order valence-corrected chi connectivity index (χ2v) is 8.50. The summed E-state index contributed by atoms with van der Waals surface area (Å²) in [5.41, 5.74) is 2.65. The molecule has 1 aliphatic rings.